The maximum Gasteiger partial charge on any atom is 0.152 e. The van der Waals surface area contributed by atoms with Gasteiger partial charge in [0.2, 0.25) is 0 Å². The van der Waals surface area contributed by atoms with Crippen LogP contribution in [0.15, 0.2) is 0 Å². The van der Waals surface area contributed by atoms with Crippen LogP contribution in [0, 0.1) is 0 Å². The molecule has 156 valence electrons. The molecule has 1 saturated heterocycles. The first-order valence-electron chi connectivity index (χ1n) is 9.27. The molecule has 0 amide bonds. The Kier molecular flexibility index (Phi) is 9.40. The predicted octanol–water partition coefficient (Wildman–Crippen LogP) is 0.193. The van der Waals surface area contributed by atoms with Crippen LogP contribution in [0.4, 0.5) is 0 Å². The fourth-order valence-corrected chi connectivity index (χ4v) is 4.08. The van der Waals surface area contributed by atoms with Crippen molar-refractivity contribution in [2.45, 2.75) is 33.0 Å². The van der Waals surface area contributed by atoms with Crippen molar-refractivity contribution < 1.29 is 17.9 Å². The lowest BCUT2D eigenvalue weighted by atomic mass is 10.4. The van der Waals surface area contributed by atoms with Crippen molar-refractivity contribution >= 4 is 21.4 Å². The highest BCUT2D eigenvalue weighted by Crippen LogP contribution is 2.16. The van der Waals surface area contributed by atoms with Gasteiger partial charge in [-0.15, -0.1) is 5.10 Å². The lowest BCUT2D eigenvalue weighted by molar-refractivity contribution is 0.0445. The van der Waals surface area contributed by atoms with Crippen LogP contribution in [0.5, 0.6) is 0 Å². The summed E-state index contributed by atoms with van der Waals surface area (Å²) in [6.07, 6.45) is 0. The minimum atomic E-state index is -2.89. The Morgan fingerprint density at radius 3 is 2.48 bits per heavy atom. The molecule has 0 radical (unpaired) electrons. The molecule has 0 saturated carbocycles. The second kappa shape index (κ2) is 11.3. The van der Waals surface area contributed by atoms with E-state index < -0.39 is 9.84 Å². The Morgan fingerprint density at radius 1 is 1.15 bits per heavy atom. The van der Waals surface area contributed by atoms with Gasteiger partial charge < -0.3 is 14.8 Å². The number of rotatable bonds is 12. The highest BCUT2D eigenvalue weighted by atomic mass is 35.5. The van der Waals surface area contributed by atoms with Crippen molar-refractivity contribution in [2.75, 3.05) is 57.6 Å². The van der Waals surface area contributed by atoms with Crippen LogP contribution < -0.4 is 5.32 Å². The molecular formula is C16H30ClN5O4S. The zero-order valence-corrected chi connectivity index (χ0v) is 17.6. The Hall–Kier alpha value is -0.780. The minimum absolute atomic E-state index is 0.183. The van der Waals surface area contributed by atoms with E-state index in [2.05, 4.69) is 29.5 Å². The van der Waals surface area contributed by atoms with Gasteiger partial charge in [0.25, 0.3) is 0 Å². The number of halogens is 1. The Balaban J connectivity index is 1.60. The van der Waals surface area contributed by atoms with Crippen molar-refractivity contribution in [3.05, 3.63) is 10.8 Å². The van der Waals surface area contributed by atoms with E-state index in [9.17, 15) is 8.42 Å². The van der Waals surface area contributed by atoms with Crippen molar-refractivity contribution in [1.82, 2.24) is 25.2 Å². The van der Waals surface area contributed by atoms with Gasteiger partial charge in [0, 0.05) is 32.2 Å². The standard InChI is InChI=1S/C16H30ClN5O4S/c1-14(2)18-3-7-25-9-10-26-8-4-22-16(17)15(19-20-22)13-21-5-11-27(23,24)12-6-21/h14,18H,3-13H2,1-2H3. The fraction of sp³-hybridized carbons (Fsp3) is 0.875. The Labute approximate surface area is 166 Å². The molecule has 0 atom stereocenters. The molecule has 1 aromatic heterocycles. The molecule has 0 aliphatic carbocycles. The summed E-state index contributed by atoms with van der Waals surface area (Å²) < 4.78 is 35.6. The third-order valence-corrected chi connectivity index (χ3v) is 6.19. The van der Waals surface area contributed by atoms with Crippen molar-refractivity contribution in [2.24, 2.45) is 0 Å². The van der Waals surface area contributed by atoms with Crippen LogP contribution in [0.1, 0.15) is 19.5 Å². The summed E-state index contributed by atoms with van der Waals surface area (Å²) in [7, 11) is -2.89. The zero-order valence-electron chi connectivity index (χ0n) is 16.1. The number of hydrogen-bond donors (Lipinski definition) is 1. The summed E-state index contributed by atoms with van der Waals surface area (Å²) in [5.74, 6) is 0.365. The third kappa shape index (κ3) is 8.41. The van der Waals surface area contributed by atoms with E-state index >= 15 is 0 Å². The molecule has 1 aliphatic rings. The monoisotopic (exact) mass is 423 g/mol. The van der Waals surface area contributed by atoms with Gasteiger partial charge in [0.1, 0.15) is 5.69 Å². The summed E-state index contributed by atoms with van der Waals surface area (Å²) in [5, 5.41) is 11.9. The van der Waals surface area contributed by atoms with Crippen LogP contribution in [0.2, 0.25) is 5.15 Å². The van der Waals surface area contributed by atoms with Gasteiger partial charge in [-0.25, -0.2) is 13.1 Å². The van der Waals surface area contributed by atoms with Gasteiger partial charge in [0.15, 0.2) is 15.0 Å². The van der Waals surface area contributed by atoms with Crippen molar-refractivity contribution in [3.63, 3.8) is 0 Å². The molecule has 2 rings (SSSR count). The molecule has 0 aromatic carbocycles. The van der Waals surface area contributed by atoms with Crippen molar-refractivity contribution in [1.29, 1.82) is 0 Å². The quantitative estimate of drug-likeness (QED) is 0.476. The lowest BCUT2D eigenvalue weighted by Crippen LogP contribution is -2.39. The molecule has 2 heterocycles. The lowest BCUT2D eigenvalue weighted by Gasteiger charge is -2.25. The van der Waals surface area contributed by atoms with Crippen LogP contribution in [-0.4, -0.2) is 91.9 Å². The normalized spacial score (nSPS) is 17.6. The molecule has 1 fully saturated rings. The van der Waals surface area contributed by atoms with E-state index in [0.717, 1.165) is 6.54 Å². The predicted molar refractivity (Wildman–Crippen MR) is 104 cm³/mol. The third-order valence-electron chi connectivity index (χ3n) is 4.17. The maximum atomic E-state index is 11.5. The molecule has 1 aromatic rings. The van der Waals surface area contributed by atoms with Crippen LogP contribution in [0.25, 0.3) is 0 Å². The summed E-state index contributed by atoms with van der Waals surface area (Å²) in [5.41, 5.74) is 0.664. The maximum absolute atomic E-state index is 11.5. The number of nitrogens with one attached hydrogen (secondary N) is 1. The molecule has 9 nitrogen and oxygen atoms in total. The number of aromatic nitrogens is 3. The average molecular weight is 424 g/mol. The van der Waals surface area contributed by atoms with Crippen LogP contribution in [-0.2, 0) is 32.4 Å². The van der Waals surface area contributed by atoms with Gasteiger partial charge in [-0.2, -0.15) is 0 Å². The molecular weight excluding hydrogens is 394 g/mol. The topological polar surface area (TPSA) is 98.6 Å². The number of hydrogen-bond acceptors (Lipinski definition) is 8. The van der Waals surface area contributed by atoms with Crippen molar-refractivity contribution in [3.8, 4) is 0 Å². The molecule has 27 heavy (non-hydrogen) atoms. The largest absolute Gasteiger partial charge is 0.378 e. The summed E-state index contributed by atoms with van der Waals surface area (Å²) in [6.45, 7) is 9.25. The zero-order chi connectivity index (χ0) is 19.7. The average Bonchev–Trinajstić information content (AvgIpc) is 2.95. The molecule has 11 heteroatoms. The number of ether oxygens (including phenoxy) is 2. The molecule has 1 N–H and O–H groups in total. The first-order valence-corrected chi connectivity index (χ1v) is 11.5. The van der Waals surface area contributed by atoms with E-state index in [-0.39, 0.29) is 11.5 Å². The van der Waals surface area contributed by atoms with Crippen LogP contribution >= 0.6 is 11.6 Å². The van der Waals surface area contributed by atoms with Gasteiger partial charge in [0.05, 0.1) is 44.5 Å². The smallest absolute Gasteiger partial charge is 0.152 e. The minimum Gasteiger partial charge on any atom is -0.378 e. The van der Waals surface area contributed by atoms with Gasteiger partial charge in [-0.1, -0.05) is 30.7 Å². The fourth-order valence-electron chi connectivity index (χ4n) is 2.59. The summed E-state index contributed by atoms with van der Waals surface area (Å²) in [4.78, 5) is 2.03. The molecule has 1 aliphatic heterocycles. The molecule has 0 bridgehead atoms. The molecule has 0 unspecified atom stereocenters. The first kappa shape index (κ1) is 22.5. The SMILES string of the molecule is CC(C)NCCOCCOCCn1nnc(CN2CCS(=O)(=O)CC2)c1Cl. The second-order valence-electron chi connectivity index (χ2n) is 6.81. The summed E-state index contributed by atoms with van der Waals surface area (Å²) >= 11 is 6.33. The van der Waals surface area contributed by atoms with Gasteiger partial charge in [-0.05, 0) is 0 Å². The summed E-state index contributed by atoms with van der Waals surface area (Å²) in [6, 6.07) is 0.463. The Morgan fingerprint density at radius 2 is 1.81 bits per heavy atom. The van der Waals surface area contributed by atoms with E-state index in [4.69, 9.17) is 21.1 Å². The van der Waals surface area contributed by atoms with E-state index in [0.29, 0.717) is 69.5 Å². The highest BCUT2D eigenvalue weighted by molar-refractivity contribution is 7.91. The van der Waals surface area contributed by atoms with Gasteiger partial charge >= 0.3 is 0 Å². The van der Waals surface area contributed by atoms with E-state index in [1.54, 1.807) is 4.68 Å². The highest BCUT2D eigenvalue weighted by Gasteiger charge is 2.23. The second-order valence-corrected chi connectivity index (χ2v) is 9.47. The van der Waals surface area contributed by atoms with Crippen LogP contribution in [0.3, 0.4) is 0 Å². The first-order chi connectivity index (χ1) is 12.9. The Bertz CT molecular complexity index is 654. The van der Waals surface area contributed by atoms with Gasteiger partial charge in [-0.3, -0.25) is 4.90 Å². The van der Waals surface area contributed by atoms with E-state index in [1.807, 2.05) is 4.90 Å². The number of nitrogens with zero attached hydrogens (tertiary/aromatic N) is 4. The number of sulfone groups is 1. The van der Waals surface area contributed by atoms with E-state index in [1.165, 1.54) is 0 Å². The molecule has 0 spiro atoms.